The number of benzene rings is 2. The van der Waals surface area contributed by atoms with Crippen LogP contribution in [-0.4, -0.2) is 40.9 Å². The number of rotatable bonds is 5. The summed E-state index contributed by atoms with van der Waals surface area (Å²) in [6.07, 6.45) is 1.35. The number of hydrogen-bond acceptors (Lipinski definition) is 7. The lowest BCUT2D eigenvalue weighted by Gasteiger charge is -2.31. The number of hydrogen-bond donors (Lipinski definition) is 0. The van der Waals surface area contributed by atoms with E-state index in [2.05, 4.69) is 10.2 Å². The number of sulfonamides is 1. The number of nitrogens with zero attached hydrogens (tertiary/aromatic N) is 4. The van der Waals surface area contributed by atoms with Crippen LogP contribution in [0, 0.1) is 22.9 Å². The molecule has 162 valence electrons. The van der Waals surface area contributed by atoms with Gasteiger partial charge in [-0.1, -0.05) is 29.5 Å². The Balaban J connectivity index is 1.60. The highest BCUT2D eigenvalue weighted by Gasteiger charge is 2.34. The predicted molar refractivity (Wildman–Crippen MR) is 114 cm³/mol. The standard InChI is InChI=1S/C20H19FN4O4S2/c1-13-8-9-15(25(26)27)11-18(13)31(28,29)24-10-4-5-14(12-24)19-22-23-20(30-19)16-6-2-3-7-17(16)21/h2-3,6-9,11,14H,4-5,10,12H2,1H3. The molecule has 11 heteroatoms. The number of aromatic nitrogens is 2. The maximum Gasteiger partial charge on any atom is 0.270 e. The van der Waals surface area contributed by atoms with Gasteiger partial charge in [0.15, 0.2) is 5.01 Å². The minimum absolute atomic E-state index is 0.0633. The van der Waals surface area contributed by atoms with E-state index in [0.29, 0.717) is 34.1 Å². The van der Waals surface area contributed by atoms with Crippen LogP contribution in [-0.2, 0) is 10.0 Å². The minimum atomic E-state index is -3.92. The van der Waals surface area contributed by atoms with Gasteiger partial charge in [0.05, 0.1) is 9.82 Å². The molecule has 4 rings (SSSR count). The number of nitro benzene ring substituents is 1. The quantitative estimate of drug-likeness (QED) is 0.417. The van der Waals surface area contributed by atoms with Gasteiger partial charge in [0.25, 0.3) is 5.69 Å². The van der Waals surface area contributed by atoms with Gasteiger partial charge in [-0.3, -0.25) is 10.1 Å². The summed E-state index contributed by atoms with van der Waals surface area (Å²) in [7, 11) is -3.92. The lowest BCUT2D eigenvalue weighted by Crippen LogP contribution is -2.39. The van der Waals surface area contributed by atoms with Crippen LogP contribution >= 0.6 is 11.3 Å². The molecule has 2 aromatic carbocycles. The average molecular weight is 463 g/mol. The van der Waals surface area contributed by atoms with Gasteiger partial charge in [-0.25, -0.2) is 12.8 Å². The molecule has 3 aromatic rings. The van der Waals surface area contributed by atoms with Crippen LogP contribution in [0.15, 0.2) is 47.4 Å². The zero-order valence-electron chi connectivity index (χ0n) is 16.6. The van der Waals surface area contributed by atoms with Crippen molar-refractivity contribution in [2.45, 2.75) is 30.6 Å². The molecule has 0 aliphatic carbocycles. The fourth-order valence-electron chi connectivity index (χ4n) is 3.62. The van der Waals surface area contributed by atoms with Crippen molar-refractivity contribution in [3.05, 3.63) is 69.0 Å². The van der Waals surface area contributed by atoms with E-state index in [4.69, 9.17) is 0 Å². The Kier molecular flexibility index (Phi) is 5.82. The van der Waals surface area contributed by atoms with E-state index in [0.717, 1.165) is 12.5 Å². The second kappa shape index (κ2) is 8.40. The van der Waals surface area contributed by atoms with Gasteiger partial charge in [-0.15, -0.1) is 10.2 Å². The van der Waals surface area contributed by atoms with Crippen molar-refractivity contribution < 1.29 is 17.7 Å². The first-order valence-electron chi connectivity index (χ1n) is 9.61. The van der Waals surface area contributed by atoms with Crippen LogP contribution in [0.4, 0.5) is 10.1 Å². The van der Waals surface area contributed by atoms with Crippen molar-refractivity contribution in [2.24, 2.45) is 0 Å². The van der Waals surface area contributed by atoms with Crippen LogP contribution in [0.5, 0.6) is 0 Å². The van der Waals surface area contributed by atoms with Crippen molar-refractivity contribution in [1.82, 2.24) is 14.5 Å². The van der Waals surface area contributed by atoms with Gasteiger partial charge < -0.3 is 0 Å². The molecule has 0 spiro atoms. The van der Waals surface area contributed by atoms with Crippen molar-refractivity contribution in [2.75, 3.05) is 13.1 Å². The van der Waals surface area contributed by atoms with Gasteiger partial charge in [0, 0.05) is 36.7 Å². The fraction of sp³-hybridized carbons (Fsp3) is 0.300. The predicted octanol–water partition coefficient (Wildman–Crippen LogP) is 4.13. The van der Waals surface area contributed by atoms with E-state index in [1.807, 2.05) is 0 Å². The zero-order chi connectivity index (χ0) is 22.2. The molecule has 1 atom stereocenters. The first kappa shape index (κ1) is 21.5. The highest BCUT2D eigenvalue weighted by molar-refractivity contribution is 7.89. The third-order valence-corrected chi connectivity index (χ3v) is 8.40. The third kappa shape index (κ3) is 4.21. The lowest BCUT2D eigenvalue weighted by molar-refractivity contribution is -0.385. The number of aryl methyl sites for hydroxylation is 1. The van der Waals surface area contributed by atoms with Crippen LogP contribution < -0.4 is 0 Å². The molecule has 1 saturated heterocycles. The number of piperidine rings is 1. The summed E-state index contributed by atoms with van der Waals surface area (Å²) in [6, 6.07) is 10.1. The van der Waals surface area contributed by atoms with E-state index in [1.165, 1.54) is 33.8 Å². The van der Waals surface area contributed by atoms with E-state index in [-0.39, 0.29) is 28.9 Å². The second-order valence-electron chi connectivity index (χ2n) is 7.33. The van der Waals surface area contributed by atoms with Crippen LogP contribution in [0.2, 0.25) is 0 Å². The molecule has 0 radical (unpaired) electrons. The molecule has 8 nitrogen and oxygen atoms in total. The Morgan fingerprint density at radius 2 is 2.00 bits per heavy atom. The molecule has 0 amide bonds. The summed E-state index contributed by atoms with van der Waals surface area (Å²) >= 11 is 1.25. The molecule has 1 aliphatic heterocycles. The average Bonchev–Trinajstić information content (AvgIpc) is 3.24. The molecule has 2 heterocycles. The Morgan fingerprint density at radius 1 is 1.23 bits per heavy atom. The van der Waals surface area contributed by atoms with Crippen LogP contribution in [0.25, 0.3) is 10.6 Å². The first-order valence-corrected chi connectivity index (χ1v) is 11.9. The summed E-state index contributed by atoms with van der Waals surface area (Å²) in [5.74, 6) is -0.570. The number of halogens is 1. The van der Waals surface area contributed by atoms with Crippen molar-refractivity contribution in [3.63, 3.8) is 0 Å². The van der Waals surface area contributed by atoms with Gasteiger partial charge in [-0.2, -0.15) is 4.31 Å². The molecule has 1 aromatic heterocycles. The fourth-order valence-corrected chi connectivity index (χ4v) is 6.39. The zero-order valence-corrected chi connectivity index (χ0v) is 18.2. The number of nitro groups is 1. The van der Waals surface area contributed by atoms with Crippen molar-refractivity contribution in [1.29, 1.82) is 0 Å². The monoisotopic (exact) mass is 462 g/mol. The van der Waals surface area contributed by atoms with E-state index >= 15 is 0 Å². The van der Waals surface area contributed by atoms with Crippen LogP contribution in [0.3, 0.4) is 0 Å². The smallest absolute Gasteiger partial charge is 0.258 e. The summed E-state index contributed by atoms with van der Waals surface area (Å²) in [5.41, 5.74) is 0.542. The van der Waals surface area contributed by atoms with E-state index in [9.17, 15) is 22.9 Å². The van der Waals surface area contributed by atoms with Gasteiger partial charge in [0.2, 0.25) is 10.0 Å². The third-order valence-electron chi connectivity index (χ3n) is 5.28. The maximum absolute atomic E-state index is 14.1. The highest BCUT2D eigenvalue weighted by atomic mass is 32.2. The summed E-state index contributed by atoms with van der Waals surface area (Å²) in [6.45, 7) is 2.12. The Bertz CT molecular complexity index is 1250. The molecule has 31 heavy (non-hydrogen) atoms. The molecular formula is C20H19FN4O4S2. The Hall–Kier alpha value is -2.76. The molecular weight excluding hydrogens is 443 g/mol. The summed E-state index contributed by atoms with van der Waals surface area (Å²) < 4.78 is 41.9. The molecule has 1 fully saturated rings. The Morgan fingerprint density at radius 3 is 2.74 bits per heavy atom. The second-order valence-corrected chi connectivity index (χ2v) is 10.2. The van der Waals surface area contributed by atoms with Gasteiger partial charge in [0.1, 0.15) is 10.8 Å². The largest absolute Gasteiger partial charge is 0.270 e. The summed E-state index contributed by atoms with van der Waals surface area (Å²) in [4.78, 5) is 10.4. The highest BCUT2D eigenvalue weighted by Crippen LogP contribution is 2.35. The molecule has 0 saturated carbocycles. The van der Waals surface area contributed by atoms with Crippen molar-refractivity contribution in [3.8, 4) is 10.6 Å². The number of non-ortho nitro benzene ring substituents is 1. The molecule has 1 aliphatic rings. The normalized spacial score (nSPS) is 17.5. The maximum atomic E-state index is 14.1. The molecule has 0 bridgehead atoms. The van der Waals surface area contributed by atoms with Gasteiger partial charge >= 0.3 is 0 Å². The SMILES string of the molecule is Cc1ccc([N+](=O)[O-])cc1S(=O)(=O)N1CCCC(c2nnc(-c3ccccc3F)s2)C1. The van der Waals surface area contributed by atoms with Crippen molar-refractivity contribution >= 4 is 27.0 Å². The van der Waals surface area contributed by atoms with E-state index < -0.39 is 14.9 Å². The lowest BCUT2D eigenvalue weighted by atomic mass is 10.0. The minimum Gasteiger partial charge on any atom is -0.258 e. The van der Waals surface area contributed by atoms with Crippen LogP contribution in [0.1, 0.15) is 29.3 Å². The topological polar surface area (TPSA) is 106 Å². The molecule has 1 unspecified atom stereocenters. The first-order chi connectivity index (χ1) is 14.8. The van der Waals surface area contributed by atoms with E-state index in [1.54, 1.807) is 25.1 Å². The van der Waals surface area contributed by atoms with Gasteiger partial charge in [-0.05, 0) is 37.5 Å². The molecule has 0 N–H and O–H groups in total. The Labute approximate surface area is 182 Å². The summed E-state index contributed by atoms with van der Waals surface area (Å²) in [5, 5.41) is 20.5.